The van der Waals surface area contributed by atoms with Crippen molar-refractivity contribution in [2.24, 2.45) is 0 Å². The van der Waals surface area contributed by atoms with Crippen molar-refractivity contribution in [3.63, 3.8) is 0 Å². The molecule has 0 aliphatic carbocycles. The maximum absolute atomic E-state index is 13.2. The number of amides is 1. The quantitative estimate of drug-likeness (QED) is 0.483. The Bertz CT molecular complexity index is 1320. The molecule has 3 aromatic heterocycles. The average molecular weight is 436 g/mol. The van der Waals surface area contributed by atoms with Crippen molar-refractivity contribution in [3.8, 4) is 5.69 Å². The lowest BCUT2D eigenvalue weighted by Gasteiger charge is -2.13. The number of fused-ring (bicyclic) bond motifs is 2. The second-order valence-corrected chi connectivity index (χ2v) is 8.13. The molecule has 10 heteroatoms. The molecule has 1 aromatic carbocycles. The minimum atomic E-state index is -0.352. The van der Waals surface area contributed by atoms with Crippen molar-refractivity contribution in [1.82, 2.24) is 29.6 Å². The molecule has 156 valence electrons. The molecule has 1 amide bonds. The Kier molecular flexibility index (Phi) is 4.99. The molecule has 0 spiro atoms. The molecule has 0 unspecified atom stereocenters. The molecule has 8 nitrogen and oxygen atoms in total. The number of nitrogens with one attached hydrogen (secondary N) is 1. The van der Waals surface area contributed by atoms with Crippen LogP contribution in [0.3, 0.4) is 0 Å². The first kappa shape index (κ1) is 19.4. The summed E-state index contributed by atoms with van der Waals surface area (Å²) in [6, 6.07) is 9.22. The summed E-state index contributed by atoms with van der Waals surface area (Å²) in [6.07, 6.45) is 5.00. The van der Waals surface area contributed by atoms with Gasteiger partial charge in [0.1, 0.15) is 11.2 Å². The first-order chi connectivity index (χ1) is 15.1. The fourth-order valence-corrected chi connectivity index (χ4v) is 4.67. The number of hydrogen-bond donors (Lipinski definition) is 1. The van der Waals surface area contributed by atoms with Crippen molar-refractivity contribution in [1.29, 1.82) is 0 Å². The smallest absolute Gasteiger partial charge is 0.265 e. The van der Waals surface area contributed by atoms with Crippen molar-refractivity contribution in [2.45, 2.75) is 24.2 Å². The zero-order valence-electron chi connectivity index (χ0n) is 16.2. The van der Waals surface area contributed by atoms with Crippen molar-refractivity contribution < 1.29 is 9.18 Å². The summed E-state index contributed by atoms with van der Waals surface area (Å²) in [5, 5.41) is 8.06. The van der Waals surface area contributed by atoms with Crippen molar-refractivity contribution in [2.75, 3.05) is 5.75 Å². The van der Waals surface area contributed by atoms with E-state index < -0.39 is 0 Å². The number of thioether (sulfide) groups is 1. The molecule has 0 saturated carbocycles. The van der Waals surface area contributed by atoms with Crippen LogP contribution in [0.1, 0.15) is 18.0 Å². The Hall–Kier alpha value is -3.53. The predicted molar refractivity (Wildman–Crippen MR) is 114 cm³/mol. The molecule has 0 radical (unpaired) electrons. The molecule has 5 rings (SSSR count). The van der Waals surface area contributed by atoms with E-state index in [1.807, 2.05) is 12.1 Å². The van der Waals surface area contributed by atoms with Gasteiger partial charge >= 0.3 is 0 Å². The molecular weight excluding hydrogens is 419 g/mol. The average Bonchev–Trinajstić information content (AvgIpc) is 3.39. The second-order valence-electron chi connectivity index (χ2n) is 7.14. The number of pyridine rings is 1. The van der Waals surface area contributed by atoms with Gasteiger partial charge in [-0.05, 0) is 42.0 Å². The molecule has 1 aliphatic heterocycles. The monoisotopic (exact) mass is 436 g/mol. The van der Waals surface area contributed by atoms with Gasteiger partial charge in [0.25, 0.3) is 5.56 Å². The highest BCUT2D eigenvalue weighted by atomic mass is 32.2. The molecule has 0 bridgehead atoms. The second kappa shape index (κ2) is 7.95. The van der Waals surface area contributed by atoms with Gasteiger partial charge in [-0.3, -0.25) is 19.1 Å². The van der Waals surface area contributed by atoms with E-state index >= 15 is 0 Å². The van der Waals surface area contributed by atoms with Gasteiger partial charge in [0.2, 0.25) is 5.91 Å². The Labute approximate surface area is 180 Å². The summed E-state index contributed by atoms with van der Waals surface area (Å²) in [4.78, 5) is 34.2. The minimum Gasteiger partial charge on any atom is -0.352 e. The van der Waals surface area contributed by atoms with Crippen LogP contribution in [0, 0.1) is 5.82 Å². The summed E-state index contributed by atoms with van der Waals surface area (Å²) in [5.74, 6) is 0.0978. The number of carbonyl (C=O) groups is 1. The van der Waals surface area contributed by atoms with Gasteiger partial charge in [-0.1, -0.05) is 11.8 Å². The van der Waals surface area contributed by atoms with E-state index in [9.17, 15) is 14.0 Å². The number of hydrogen-bond acceptors (Lipinski definition) is 6. The van der Waals surface area contributed by atoms with Crippen LogP contribution in [-0.4, -0.2) is 36.0 Å². The number of nitrogens with zero attached hydrogens (tertiary/aromatic N) is 5. The van der Waals surface area contributed by atoms with Gasteiger partial charge in [0.15, 0.2) is 10.8 Å². The van der Waals surface area contributed by atoms with Crippen molar-refractivity contribution >= 4 is 28.7 Å². The molecule has 4 aromatic rings. The molecule has 31 heavy (non-hydrogen) atoms. The third-order valence-corrected chi connectivity index (χ3v) is 6.20. The fourth-order valence-electron chi connectivity index (χ4n) is 3.54. The SMILES string of the molecule is O=C(C[C@H]1CSc2nc3c(cnn3-c3ccc(F)cc3)c(=O)n21)NCc1ccncc1. The molecular formula is C21H17FN6O2S. The Balaban J connectivity index is 1.39. The van der Waals surface area contributed by atoms with Crippen LogP contribution in [0.25, 0.3) is 16.7 Å². The third kappa shape index (κ3) is 3.70. The van der Waals surface area contributed by atoms with E-state index in [2.05, 4.69) is 20.4 Å². The van der Waals surface area contributed by atoms with E-state index in [4.69, 9.17) is 0 Å². The van der Waals surface area contributed by atoms with E-state index in [0.717, 1.165) is 5.56 Å². The van der Waals surface area contributed by atoms with Gasteiger partial charge in [0, 0.05) is 31.1 Å². The van der Waals surface area contributed by atoms with E-state index in [1.165, 1.54) is 34.8 Å². The summed E-state index contributed by atoms with van der Waals surface area (Å²) in [6.45, 7) is 0.407. The number of benzene rings is 1. The molecule has 1 aliphatic rings. The zero-order valence-corrected chi connectivity index (χ0v) is 17.1. The first-order valence-corrected chi connectivity index (χ1v) is 10.6. The largest absolute Gasteiger partial charge is 0.352 e. The predicted octanol–water partition coefficient (Wildman–Crippen LogP) is 2.47. The highest BCUT2D eigenvalue weighted by Gasteiger charge is 2.29. The highest BCUT2D eigenvalue weighted by molar-refractivity contribution is 7.99. The Morgan fingerprint density at radius 2 is 1.97 bits per heavy atom. The van der Waals surface area contributed by atoms with Crippen LogP contribution in [0.4, 0.5) is 4.39 Å². The van der Waals surface area contributed by atoms with Gasteiger partial charge in [0.05, 0.1) is 17.9 Å². The third-order valence-electron chi connectivity index (χ3n) is 5.10. The first-order valence-electron chi connectivity index (χ1n) is 9.65. The van der Waals surface area contributed by atoms with Crippen LogP contribution < -0.4 is 10.9 Å². The Morgan fingerprint density at radius 1 is 1.19 bits per heavy atom. The normalized spacial score (nSPS) is 15.2. The molecule has 4 heterocycles. The molecule has 0 saturated heterocycles. The van der Waals surface area contributed by atoms with E-state index in [0.29, 0.717) is 34.2 Å². The van der Waals surface area contributed by atoms with Gasteiger partial charge in [-0.2, -0.15) is 5.10 Å². The fraction of sp³-hybridized carbons (Fsp3) is 0.190. The van der Waals surface area contributed by atoms with Crippen LogP contribution in [0.5, 0.6) is 0 Å². The number of rotatable bonds is 5. The number of carbonyl (C=O) groups excluding carboxylic acids is 1. The van der Waals surface area contributed by atoms with Crippen LogP contribution >= 0.6 is 11.8 Å². The van der Waals surface area contributed by atoms with Gasteiger partial charge in [-0.15, -0.1) is 0 Å². The number of halogens is 1. The lowest BCUT2D eigenvalue weighted by atomic mass is 10.2. The lowest BCUT2D eigenvalue weighted by Crippen LogP contribution is -2.30. The maximum atomic E-state index is 13.2. The molecule has 1 atom stereocenters. The number of aromatic nitrogens is 5. The van der Waals surface area contributed by atoms with E-state index in [1.54, 1.807) is 29.1 Å². The standard InChI is InChI=1S/C21H17FN6O2S/c22-14-1-3-15(4-2-14)28-19-17(11-25-28)20(30)27-16(12-31-21(27)26-19)9-18(29)24-10-13-5-7-23-8-6-13/h1-8,11,16H,9-10,12H2,(H,24,29)/t16-/m0/s1. The Morgan fingerprint density at radius 3 is 2.74 bits per heavy atom. The van der Waals surface area contributed by atoms with Crippen molar-refractivity contribution in [3.05, 3.63) is 76.7 Å². The summed E-state index contributed by atoms with van der Waals surface area (Å²) < 4.78 is 16.3. The highest BCUT2D eigenvalue weighted by Crippen LogP contribution is 2.33. The van der Waals surface area contributed by atoms with Gasteiger partial charge in [-0.25, -0.2) is 14.1 Å². The van der Waals surface area contributed by atoms with Crippen LogP contribution in [-0.2, 0) is 11.3 Å². The topological polar surface area (TPSA) is 94.7 Å². The maximum Gasteiger partial charge on any atom is 0.265 e. The summed E-state index contributed by atoms with van der Waals surface area (Å²) in [5.41, 5.74) is 1.75. The molecule has 0 fully saturated rings. The van der Waals surface area contributed by atoms with E-state index in [-0.39, 0.29) is 29.7 Å². The lowest BCUT2D eigenvalue weighted by molar-refractivity contribution is -0.121. The minimum absolute atomic E-state index is 0.135. The summed E-state index contributed by atoms with van der Waals surface area (Å²) in [7, 11) is 0. The van der Waals surface area contributed by atoms with Gasteiger partial charge < -0.3 is 5.32 Å². The summed E-state index contributed by atoms with van der Waals surface area (Å²) >= 11 is 1.43. The van der Waals surface area contributed by atoms with Crippen LogP contribution in [0.15, 0.2) is 64.9 Å². The molecule has 1 N–H and O–H groups in total. The van der Waals surface area contributed by atoms with Crippen LogP contribution in [0.2, 0.25) is 0 Å². The zero-order chi connectivity index (χ0) is 21.4.